The van der Waals surface area contributed by atoms with Gasteiger partial charge in [0.05, 0.1) is 24.4 Å². The molecule has 0 spiro atoms. The first kappa shape index (κ1) is 19.2. The van der Waals surface area contributed by atoms with Gasteiger partial charge in [-0.25, -0.2) is 4.79 Å². The Hall–Kier alpha value is -2.54. The Labute approximate surface area is 166 Å². The molecule has 1 heterocycles. The maximum absolute atomic E-state index is 13.0. The summed E-state index contributed by atoms with van der Waals surface area (Å²) in [7, 11) is 1.35. The van der Waals surface area contributed by atoms with Crippen LogP contribution in [0.4, 0.5) is 10.5 Å². The van der Waals surface area contributed by atoms with Crippen molar-refractivity contribution in [1.82, 2.24) is 10.4 Å². The Bertz CT molecular complexity index is 913. The van der Waals surface area contributed by atoms with Gasteiger partial charge in [-0.3, -0.25) is 9.63 Å². The van der Waals surface area contributed by atoms with Crippen molar-refractivity contribution in [3.8, 4) is 0 Å². The number of anilines is 1. The zero-order valence-electron chi connectivity index (χ0n) is 14.6. The lowest BCUT2D eigenvalue weighted by atomic mass is 9.94. The molecule has 27 heavy (non-hydrogen) atoms. The fourth-order valence-corrected chi connectivity index (χ4v) is 3.29. The average Bonchev–Trinajstić information content (AvgIpc) is 2.64. The molecule has 1 aliphatic rings. The smallest absolute Gasteiger partial charge is 0.325 e. The Balaban J connectivity index is 2.03. The fourth-order valence-electron chi connectivity index (χ4n) is 2.91. The number of hydrogen-bond acceptors (Lipinski definition) is 3. The first-order valence-electron chi connectivity index (χ1n) is 8.09. The second kappa shape index (κ2) is 8.00. The van der Waals surface area contributed by atoms with Crippen molar-refractivity contribution in [3.05, 3.63) is 75.4 Å². The van der Waals surface area contributed by atoms with Crippen molar-refractivity contribution in [3.63, 3.8) is 0 Å². The Morgan fingerprint density at radius 1 is 1.15 bits per heavy atom. The third-order valence-corrected chi connectivity index (χ3v) is 4.78. The first-order valence-corrected chi connectivity index (χ1v) is 8.84. The SMILES string of the molecule is CON1C(=O)NC(c2ccccc2Cl)C(C(=O)Nc2ccc(Cl)cc2)=C1C. The van der Waals surface area contributed by atoms with Crippen molar-refractivity contribution in [1.29, 1.82) is 0 Å². The number of benzene rings is 2. The van der Waals surface area contributed by atoms with Gasteiger partial charge in [0.2, 0.25) is 0 Å². The van der Waals surface area contributed by atoms with Gasteiger partial charge < -0.3 is 10.6 Å². The van der Waals surface area contributed by atoms with Gasteiger partial charge in [0.1, 0.15) is 0 Å². The van der Waals surface area contributed by atoms with Gasteiger partial charge in [0, 0.05) is 15.7 Å². The zero-order valence-corrected chi connectivity index (χ0v) is 16.1. The van der Waals surface area contributed by atoms with Gasteiger partial charge in [-0.1, -0.05) is 41.4 Å². The van der Waals surface area contributed by atoms with Crippen LogP contribution >= 0.6 is 23.2 Å². The highest BCUT2D eigenvalue weighted by Gasteiger charge is 2.36. The third kappa shape index (κ3) is 3.93. The van der Waals surface area contributed by atoms with Gasteiger partial charge in [0.15, 0.2) is 0 Å². The van der Waals surface area contributed by atoms with Crippen molar-refractivity contribution < 1.29 is 14.4 Å². The lowest BCUT2D eigenvalue weighted by Crippen LogP contribution is -2.48. The molecule has 0 aliphatic carbocycles. The molecule has 8 heteroatoms. The number of halogens is 2. The molecule has 1 unspecified atom stereocenters. The molecule has 2 N–H and O–H groups in total. The van der Waals surface area contributed by atoms with E-state index in [0.717, 1.165) is 5.06 Å². The number of hydroxylamine groups is 2. The van der Waals surface area contributed by atoms with Crippen LogP contribution in [0.2, 0.25) is 10.0 Å². The number of hydrogen-bond donors (Lipinski definition) is 2. The molecule has 0 radical (unpaired) electrons. The number of nitrogens with one attached hydrogen (secondary N) is 2. The second-order valence-electron chi connectivity index (χ2n) is 5.84. The molecule has 1 aliphatic heterocycles. The Morgan fingerprint density at radius 3 is 2.44 bits per heavy atom. The summed E-state index contributed by atoms with van der Waals surface area (Å²) in [5.41, 5.74) is 1.88. The number of urea groups is 1. The highest BCUT2D eigenvalue weighted by molar-refractivity contribution is 6.31. The van der Waals surface area contributed by atoms with Crippen LogP contribution in [0, 0.1) is 0 Å². The minimum atomic E-state index is -0.718. The minimum Gasteiger partial charge on any atom is -0.325 e. The molecular weight excluding hydrogens is 389 g/mol. The standard InChI is InChI=1S/C19H17Cl2N3O3/c1-11-16(18(25)22-13-9-7-12(20)8-10-13)17(23-19(26)24(11)27-2)14-5-3-4-6-15(14)21/h3-10,17H,1-2H3,(H,22,25)(H,23,26). The number of rotatable bonds is 4. The predicted octanol–water partition coefficient (Wildman–Crippen LogP) is 4.53. The lowest BCUT2D eigenvalue weighted by molar-refractivity contribution is -0.114. The zero-order chi connectivity index (χ0) is 19.6. The van der Waals surface area contributed by atoms with Crippen molar-refractivity contribution in [2.24, 2.45) is 0 Å². The minimum absolute atomic E-state index is 0.319. The van der Waals surface area contributed by atoms with Crippen LogP contribution in [-0.2, 0) is 9.63 Å². The average molecular weight is 406 g/mol. The van der Waals surface area contributed by atoms with E-state index in [1.807, 2.05) is 0 Å². The van der Waals surface area contributed by atoms with E-state index in [1.54, 1.807) is 55.5 Å². The summed E-state index contributed by atoms with van der Waals surface area (Å²) in [5, 5.41) is 7.62. The van der Waals surface area contributed by atoms with Crippen molar-refractivity contribution in [2.45, 2.75) is 13.0 Å². The van der Waals surface area contributed by atoms with E-state index in [0.29, 0.717) is 32.6 Å². The number of carbonyl (C=O) groups is 2. The lowest BCUT2D eigenvalue weighted by Gasteiger charge is -2.34. The Kier molecular flexibility index (Phi) is 5.70. The van der Waals surface area contributed by atoms with E-state index in [1.165, 1.54) is 7.11 Å². The van der Waals surface area contributed by atoms with Gasteiger partial charge >= 0.3 is 6.03 Å². The maximum atomic E-state index is 13.0. The van der Waals surface area contributed by atoms with Crippen LogP contribution in [0.5, 0.6) is 0 Å². The second-order valence-corrected chi connectivity index (χ2v) is 6.68. The molecule has 1 atom stereocenters. The highest BCUT2D eigenvalue weighted by Crippen LogP contribution is 2.34. The van der Waals surface area contributed by atoms with Crippen LogP contribution in [0.3, 0.4) is 0 Å². The highest BCUT2D eigenvalue weighted by atomic mass is 35.5. The fraction of sp³-hybridized carbons (Fsp3) is 0.158. The van der Waals surface area contributed by atoms with E-state index < -0.39 is 12.1 Å². The summed E-state index contributed by atoms with van der Waals surface area (Å²) >= 11 is 12.2. The van der Waals surface area contributed by atoms with Gasteiger partial charge in [-0.05, 0) is 42.8 Å². The van der Waals surface area contributed by atoms with Gasteiger partial charge in [0.25, 0.3) is 5.91 Å². The molecule has 0 aromatic heterocycles. The van der Waals surface area contributed by atoms with Crippen molar-refractivity contribution in [2.75, 3.05) is 12.4 Å². The summed E-state index contributed by atoms with van der Waals surface area (Å²) in [6.45, 7) is 1.64. The van der Waals surface area contributed by atoms with Gasteiger partial charge in [-0.2, -0.15) is 5.06 Å². The molecule has 2 aromatic rings. The maximum Gasteiger partial charge on any atom is 0.346 e. The molecule has 3 rings (SSSR count). The topological polar surface area (TPSA) is 70.7 Å². The molecule has 140 valence electrons. The van der Waals surface area contributed by atoms with Crippen molar-refractivity contribution >= 4 is 40.8 Å². The summed E-state index contributed by atoms with van der Waals surface area (Å²) in [5.74, 6) is -0.387. The number of allylic oxidation sites excluding steroid dienone is 1. The first-order chi connectivity index (χ1) is 12.9. The van der Waals surface area contributed by atoms with Crippen LogP contribution in [0.25, 0.3) is 0 Å². The van der Waals surface area contributed by atoms with Crippen LogP contribution in [0.15, 0.2) is 59.8 Å². The third-order valence-electron chi connectivity index (χ3n) is 4.18. The monoisotopic (exact) mass is 405 g/mol. The molecule has 0 bridgehead atoms. The molecule has 2 aromatic carbocycles. The summed E-state index contributed by atoms with van der Waals surface area (Å²) in [6.07, 6.45) is 0. The number of carbonyl (C=O) groups excluding carboxylic acids is 2. The molecule has 3 amide bonds. The molecular formula is C19H17Cl2N3O3. The summed E-state index contributed by atoms with van der Waals surface area (Å²) in [6, 6.07) is 12.6. The molecule has 6 nitrogen and oxygen atoms in total. The van der Waals surface area contributed by atoms with Gasteiger partial charge in [-0.15, -0.1) is 0 Å². The molecule has 0 fully saturated rings. The quantitative estimate of drug-likeness (QED) is 0.784. The predicted molar refractivity (Wildman–Crippen MR) is 104 cm³/mol. The largest absolute Gasteiger partial charge is 0.346 e. The van der Waals surface area contributed by atoms with E-state index in [4.69, 9.17) is 28.0 Å². The molecule has 0 saturated carbocycles. The number of amides is 3. The normalized spacial score (nSPS) is 17.0. The van der Waals surface area contributed by atoms with Crippen LogP contribution in [0.1, 0.15) is 18.5 Å². The van der Waals surface area contributed by atoms with Crippen LogP contribution in [-0.4, -0.2) is 24.1 Å². The Morgan fingerprint density at radius 2 is 1.81 bits per heavy atom. The summed E-state index contributed by atoms with van der Waals surface area (Å²) in [4.78, 5) is 30.5. The van der Waals surface area contributed by atoms with E-state index in [-0.39, 0.29) is 5.91 Å². The van der Waals surface area contributed by atoms with E-state index >= 15 is 0 Å². The van der Waals surface area contributed by atoms with E-state index in [2.05, 4.69) is 10.6 Å². The van der Waals surface area contributed by atoms with E-state index in [9.17, 15) is 9.59 Å². The molecule has 0 saturated heterocycles. The summed E-state index contributed by atoms with van der Waals surface area (Å²) < 4.78 is 0. The number of nitrogens with zero attached hydrogens (tertiary/aromatic N) is 1. The van der Waals surface area contributed by atoms with Crippen LogP contribution < -0.4 is 10.6 Å².